The number of rotatable bonds is 3. The van der Waals surface area contributed by atoms with Gasteiger partial charge in [0.05, 0.1) is 5.69 Å². The van der Waals surface area contributed by atoms with E-state index in [9.17, 15) is 9.18 Å². The maximum atomic E-state index is 13.3. The molecule has 1 saturated heterocycles. The number of hydrogen-bond donors (Lipinski definition) is 0. The summed E-state index contributed by atoms with van der Waals surface area (Å²) in [4.78, 5) is 25.9. The summed E-state index contributed by atoms with van der Waals surface area (Å²) >= 11 is 0. The molecule has 168 valence electrons. The van der Waals surface area contributed by atoms with Crippen molar-refractivity contribution in [1.29, 1.82) is 0 Å². The molecule has 8 nitrogen and oxygen atoms in total. The number of fused-ring (bicyclic) bond motifs is 2. The van der Waals surface area contributed by atoms with Gasteiger partial charge in [-0.05, 0) is 47.2 Å². The summed E-state index contributed by atoms with van der Waals surface area (Å²) in [6, 6.07) is 19.8. The molecule has 9 heteroatoms. The number of benzene rings is 3. The predicted octanol–water partition coefficient (Wildman–Crippen LogP) is 3.47. The lowest BCUT2D eigenvalue weighted by atomic mass is 10.1. The van der Waals surface area contributed by atoms with Crippen molar-refractivity contribution in [1.82, 2.24) is 29.9 Å². The average molecular weight is 453 g/mol. The van der Waals surface area contributed by atoms with Crippen LogP contribution in [-0.2, 0) is 0 Å². The first-order valence-electron chi connectivity index (χ1n) is 11.0. The highest BCUT2D eigenvalue weighted by Gasteiger charge is 2.25. The van der Waals surface area contributed by atoms with Gasteiger partial charge >= 0.3 is 0 Å². The van der Waals surface area contributed by atoms with Gasteiger partial charge in [-0.15, -0.1) is 5.10 Å². The molecule has 1 aliphatic rings. The molecule has 1 amide bonds. The van der Waals surface area contributed by atoms with E-state index in [0.717, 1.165) is 10.8 Å². The second-order valence-corrected chi connectivity index (χ2v) is 8.19. The normalized spacial score (nSPS) is 14.1. The summed E-state index contributed by atoms with van der Waals surface area (Å²) in [5.74, 6) is 0.385. The Kier molecular flexibility index (Phi) is 4.87. The van der Waals surface area contributed by atoms with Crippen LogP contribution in [0.4, 0.5) is 10.2 Å². The molecule has 0 radical (unpaired) electrons. The van der Waals surface area contributed by atoms with E-state index in [0.29, 0.717) is 54.4 Å². The Morgan fingerprint density at radius 1 is 0.853 bits per heavy atom. The Balaban J connectivity index is 1.21. The van der Waals surface area contributed by atoms with Gasteiger partial charge < -0.3 is 9.80 Å². The summed E-state index contributed by atoms with van der Waals surface area (Å²) in [7, 11) is 0. The fourth-order valence-electron chi connectivity index (χ4n) is 4.35. The number of hydrogen-bond acceptors (Lipinski definition) is 6. The Hall–Kier alpha value is -4.40. The zero-order valence-electron chi connectivity index (χ0n) is 18.2. The number of halogens is 1. The van der Waals surface area contributed by atoms with Gasteiger partial charge in [0.15, 0.2) is 17.0 Å². The molecule has 0 bridgehead atoms. The molecule has 1 fully saturated rings. The summed E-state index contributed by atoms with van der Waals surface area (Å²) in [5, 5.41) is 10.7. The highest BCUT2D eigenvalue weighted by atomic mass is 19.1. The Morgan fingerprint density at radius 3 is 2.41 bits per heavy atom. The monoisotopic (exact) mass is 453 g/mol. The second kappa shape index (κ2) is 8.18. The van der Waals surface area contributed by atoms with Crippen molar-refractivity contribution in [2.75, 3.05) is 31.1 Å². The van der Waals surface area contributed by atoms with E-state index in [1.54, 1.807) is 16.8 Å². The molecular weight excluding hydrogens is 433 g/mol. The summed E-state index contributed by atoms with van der Waals surface area (Å²) in [6.07, 6.45) is 1.48. The molecule has 2 aromatic heterocycles. The lowest BCUT2D eigenvalue weighted by molar-refractivity contribution is 0.0747. The fourth-order valence-corrected chi connectivity index (χ4v) is 4.35. The van der Waals surface area contributed by atoms with E-state index in [1.807, 2.05) is 47.4 Å². The minimum Gasteiger partial charge on any atom is -0.351 e. The van der Waals surface area contributed by atoms with Crippen LogP contribution in [0.25, 0.3) is 27.6 Å². The molecule has 1 aliphatic heterocycles. The maximum Gasteiger partial charge on any atom is 0.253 e. The van der Waals surface area contributed by atoms with Crippen LogP contribution in [0, 0.1) is 5.82 Å². The quantitative estimate of drug-likeness (QED) is 0.416. The van der Waals surface area contributed by atoms with Gasteiger partial charge in [0.25, 0.3) is 5.91 Å². The molecule has 34 heavy (non-hydrogen) atoms. The van der Waals surface area contributed by atoms with Crippen LogP contribution in [0.1, 0.15) is 10.4 Å². The van der Waals surface area contributed by atoms with E-state index in [2.05, 4.69) is 25.2 Å². The highest BCUT2D eigenvalue weighted by Crippen LogP contribution is 2.24. The van der Waals surface area contributed by atoms with Gasteiger partial charge in [0.1, 0.15) is 12.1 Å². The third-order valence-corrected chi connectivity index (χ3v) is 6.15. The number of amides is 1. The minimum atomic E-state index is -0.320. The first kappa shape index (κ1) is 20.2. The lowest BCUT2D eigenvalue weighted by Gasteiger charge is -2.35. The van der Waals surface area contributed by atoms with Crippen LogP contribution in [0.15, 0.2) is 73.1 Å². The van der Waals surface area contributed by atoms with Crippen LogP contribution in [-0.4, -0.2) is 61.9 Å². The first-order chi connectivity index (χ1) is 16.7. The summed E-state index contributed by atoms with van der Waals surface area (Å²) in [6.45, 7) is 2.39. The van der Waals surface area contributed by atoms with Crippen molar-refractivity contribution in [3.05, 3.63) is 84.4 Å². The van der Waals surface area contributed by atoms with Gasteiger partial charge in [-0.3, -0.25) is 4.79 Å². The van der Waals surface area contributed by atoms with E-state index in [4.69, 9.17) is 0 Å². The van der Waals surface area contributed by atoms with Crippen molar-refractivity contribution in [3.63, 3.8) is 0 Å². The second-order valence-electron chi connectivity index (χ2n) is 8.19. The Bertz CT molecular complexity index is 1510. The Morgan fingerprint density at radius 2 is 1.62 bits per heavy atom. The largest absolute Gasteiger partial charge is 0.351 e. The predicted molar refractivity (Wildman–Crippen MR) is 126 cm³/mol. The van der Waals surface area contributed by atoms with Gasteiger partial charge in [0.2, 0.25) is 0 Å². The molecule has 0 N–H and O–H groups in total. The maximum absolute atomic E-state index is 13.3. The molecule has 0 spiro atoms. The van der Waals surface area contributed by atoms with Crippen molar-refractivity contribution in [3.8, 4) is 5.69 Å². The average Bonchev–Trinajstić information content (AvgIpc) is 3.33. The van der Waals surface area contributed by atoms with Crippen LogP contribution in [0.2, 0.25) is 0 Å². The lowest BCUT2D eigenvalue weighted by Crippen LogP contribution is -2.49. The number of carbonyl (C=O) groups is 1. The highest BCUT2D eigenvalue weighted by molar-refractivity contribution is 5.98. The minimum absolute atomic E-state index is 0.0282. The van der Waals surface area contributed by atoms with Crippen molar-refractivity contribution < 1.29 is 9.18 Å². The van der Waals surface area contributed by atoms with Gasteiger partial charge in [-0.2, -0.15) is 4.68 Å². The number of nitrogens with zero attached hydrogens (tertiary/aromatic N) is 7. The molecule has 5 aromatic rings. The van der Waals surface area contributed by atoms with Gasteiger partial charge in [-0.1, -0.05) is 35.5 Å². The third-order valence-electron chi connectivity index (χ3n) is 6.15. The third kappa shape index (κ3) is 3.51. The SMILES string of the molecule is O=C(c1ccc2ccccc2c1)N1CCN(c2ncnc3c2nnn3-c2ccc(F)cc2)CC1. The topological polar surface area (TPSA) is 80.0 Å². The molecule has 3 aromatic carbocycles. The number of carbonyl (C=O) groups excluding carboxylic acids is 1. The number of aromatic nitrogens is 5. The molecule has 0 saturated carbocycles. The number of anilines is 1. The molecular formula is C25H20FN7O. The molecule has 3 heterocycles. The van der Waals surface area contributed by atoms with Gasteiger partial charge in [-0.25, -0.2) is 14.4 Å². The summed E-state index contributed by atoms with van der Waals surface area (Å²) in [5.41, 5.74) is 2.48. The molecule has 0 atom stereocenters. The van der Waals surface area contributed by atoms with Gasteiger partial charge in [0, 0.05) is 31.7 Å². The standard InChI is InChI=1S/C25H20FN7O/c26-20-7-9-21(10-8-20)33-24-22(29-30-33)23(27-16-28-24)31-11-13-32(14-12-31)25(34)19-6-5-17-3-1-2-4-18(17)15-19/h1-10,15-16H,11-14H2. The van der Waals surface area contributed by atoms with Crippen molar-refractivity contribution in [2.45, 2.75) is 0 Å². The smallest absolute Gasteiger partial charge is 0.253 e. The fraction of sp³-hybridized carbons (Fsp3) is 0.160. The van der Waals surface area contributed by atoms with E-state index >= 15 is 0 Å². The molecule has 0 unspecified atom stereocenters. The van der Waals surface area contributed by atoms with Crippen molar-refractivity contribution in [2.24, 2.45) is 0 Å². The van der Waals surface area contributed by atoms with Crippen molar-refractivity contribution >= 4 is 33.7 Å². The Labute approximate surface area is 194 Å². The first-order valence-corrected chi connectivity index (χ1v) is 11.0. The zero-order valence-corrected chi connectivity index (χ0v) is 18.2. The van der Waals surface area contributed by atoms with Crippen LogP contribution < -0.4 is 4.90 Å². The van der Waals surface area contributed by atoms with Crippen LogP contribution >= 0.6 is 0 Å². The number of piperazine rings is 1. The summed E-state index contributed by atoms with van der Waals surface area (Å²) < 4.78 is 14.9. The zero-order chi connectivity index (χ0) is 23.1. The van der Waals surface area contributed by atoms with E-state index in [-0.39, 0.29) is 11.7 Å². The van der Waals surface area contributed by atoms with E-state index < -0.39 is 0 Å². The molecule has 0 aliphatic carbocycles. The van der Waals surface area contributed by atoms with Crippen LogP contribution in [0.5, 0.6) is 0 Å². The molecule has 6 rings (SSSR count). The van der Waals surface area contributed by atoms with E-state index in [1.165, 1.54) is 18.5 Å². The van der Waals surface area contributed by atoms with Crippen LogP contribution in [0.3, 0.4) is 0 Å².